The second-order valence-electron chi connectivity index (χ2n) is 5.12. The van der Waals surface area contributed by atoms with Gasteiger partial charge in [-0.3, -0.25) is 10.1 Å². The monoisotopic (exact) mass is 427 g/mol. The summed E-state index contributed by atoms with van der Waals surface area (Å²) in [5.74, 6) is -0.0954. The second-order valence-corrected chi connectivity index (χ2v) is 9.58. The van der Waals surface area contributed by atoms with E-state index in [1.165, 1.54) is 13.0 Å². The number of halogens is 5. The first-order valence-electron chi connectivity index (χ1n) is 7.08. The van der Waals surface area contributed by atoms with Crippen LogP contribution in [-0.2, 0) is 10.7 Å². The summed E-state index contributed by atoms with van der Waals surface area (Å²) < 4.78 is 55.8. The van der Waals surface area contributed by atoms with Crippen molar-refractivity contribution >= 4 is 40.3 Å². The van der Waals surface area contributed by atoms with E-state index in [9.17, 15) is 27.9 Å². The lowest BCUT2D eigenvalue weighted by Crippen LogP contribution is -2.10. The van der Waals surface area contributed by atoms with Crippen LogP contribution in [0.4, 0.5) is 18.9 Å². The summed E-state index contributed by atoms with van der Waals surface area (Å²) in [4.78, 5) is 10.4. The number of nitro groups is 1. The maximum absolute atomic E-state index is 12.7. The number of benzene rings is 2. The molecule has 0 aromatic heterocycles. The number of nitro benzene ring substituents is 1. The molecular formula is C15H11Cl2F3NO4P. The molecule has 0 fully saturated rings. The SMILES string of the molecule is CCP(=O)(Cl)c1cc(Oc2ccc(C(F)(F)F)cc2Cl)ccc1[N+](=O)[O-]. The Kier molecular flexibility index (Phi) is 5.90. The van der Waals surface area contributed by atoms with Crippen LogP contribution < -0.4 is 10.0 Å². The minimum absolute atomic E-state index is 0.00147. The molecule has 0 amide bonds. The largest absolute Gasteiger partial charge is 0.456 e. The van der Waals surface area contributed by atoms with E-state index in [1.54, 1.807) is 0 Å². The van der Waals surface area contributed by atoms with Gasteiger partial charge >= 0.3 is 6.18 Å². The Labute approximate surface area is 156 Å². The fourth-order valence-electron chi connectivity index (χ4n) is 2.05. The maximum Gasteiger partial charge on any atom is 0.416 e. The van der Waals surface area contributed by atoms with E-state index in [0.717, 1.165) is 24.3 Å². The predicted octanol–water partition coefficient (Wildman–Crippen LogP) is 6.22. The molecule has 5 nitrogen and oxygen atoms in total. The van der Waals surface area contributed by atoms with Gasteiger partial charge in [0.1, 0.15) is 16.8 Å². The number of alkyl halides is 3. The van der Waals surface area contributed by atoms with Crippen LogP contribution >= 0.6 is 29.3 Å². The van der Waals surface area contributed by atoms with Gasteiger partial charge in [0.05, 0.1) is 15.5 Å². The molecule has 0 aliphatic rings. The Hall–Kier alpha value is -1.76. The van der Waals surface area contributed by atoms with Crippen molar-refractivity contribution in [3.05, 3.63) is 57.1 Å². The van der Waals surface area contributed by atoms with Crippen LogP contribution in [0.3, 0.4) is 0 Å². The molecule has 140 valence electrons. The molecule has 0 N–H and O–H groups in total. The van der Waals surface area contributed by atoms with Crippen LogP contribution in [0.1, 0.15) is 12.5 Å². The van der Waals surface area contributed by atoms with Crippen LogP contribution in [0.25, 0.3) is 0 Å². The molecule has 0 aliphatic carbocycles. The topological polar surface area (TPSA) is 69.4 Å². The van der Waals surface area contributed by atoms with Crippen molar-refractivity contribution in [2.45, 2.75) is 13.1 Å². The molecule has 0 saturated heterocycles. The number of nitrogens with zero attached hydrogens (tertiary/aromatic N) is 1. The van der Waals surface area contributed by atoms with Gasteiger partial charge in [-0.15, -0.1) is 0 Å². The van der Waals surface area contributed by atoms with Crippen molar-refractivity contribution in [3.63, 3.8) is 0 Å². The molecule has 0 radical (unpaired) electrons. The van der Waals surface area contributed by atoms with E-state index < -0.39 is 28.8 Å². The van der Waals surface area contributed by atoms with E-state index in [-0.39, 0.29) is 28.0 Å². The molecule has 2 rings (SSSR count). The Balaban J connectivity index is 2.44. The molecule has 26 heavy (non-hydrogen) atoms. The van der Waals surface area contributed by atoms with E-state index in [1.807, 2.05) is 0 Å². The molecule has 11 heteroatoms. The van der Waals surface area contributed by atoms with Crippen LogP contribution in [0.15, 0.2) is 36.4 Å². The van der Waals surface area contributed by atoms with Crippen molar-refractivity contribution in [3.8, 4) is 11.5 Å². The number of ether oxygens (including phenoxy) is 1. The third-order valence-electron chi connectivity index (χ3n) is 3.40. The summed E-state index contributed by atoms with van der Waals surface area (Å²) in [5.41, 5.74) is -1.38. The van der Waals surface area contributed by atoms with Gasteiger partial charge in [-0.2, -0.15) is 13.2 Å². The first-order valence-corrected chi connectivity index (χ1v) is 10.3. The lowest BCUT2D eigenvalue weighted by Gasteiger charge is -2.13. The zero-order valence-corrected chi connectivity index (χ0v) is 15.5. The molecule has 0 spiro atoms. The molecule has 2 aromatic rings. The Morgan fingerprint density at radius 1 is 1.23 bits per heavy atom. The van der Waals surface area contributed by atoms with Crippen molar-refractivity contribution in [2.75, 3.05) is 6.16 Å². The highest BCUT2D eigenvalue weighted by atomic mass is 35.7. The normalized spacial score (nSPS) is 13.9. The van der Waals surface area contributed by atoms with E-state index in [0.29, 0.717) is 6.07 Å². The van der Waals surface area contributed by atoms with Gasteiger partial charge in [-0.1, -0.05) is 18.5 Å². The van der Waals surface area contributed by atoms with Crippen LogP contribution in [0, 0.1) is 10.1 Å². The Morgan fingerprint density at radius 2 is 1.88 bits per heavy atom. The summed E-state index contributed by atoms with van der Waals surface area (Å²) >= 11 is 11.7. The van der Waals surface area contributed by atoms with E-state index in [2.05, 4.69) is 0 Å². The van der Waals surface area contributed by atoms with Gasteiger partial charge in [-0.05, 0) is 41.6 Å². The van der Waals surface area contributed by atoms with Crippen molar-refractivity contribution in [2.24, 2.45) is 0 Å². The lowest BCUT2D eigenvalue weighted by molar-refractivity contribution is -0.383. The smallest absolute Gasteiger partial charge is 0.416 e. The molecule has 1 atom stereocenters. The zero-order chi connectivity index (χ0) is 19.7. The second kappa shape index (κ2) is 7.47. The fourth-order valence-corrected chi connectivity index (χ4v) is 3.83. The molecule has 2 aromatic carbocycles. The van der Waals surface area contributed by atoms with Gasteiger partial charge in [0.2, 0.25) is 6.49 Å². The summed E-state index contributed by atoms with van der Waals surface area (Å²) in [6.45, 7) is -2.01. The standard InChI is InChI=1S/C15H11Cl2F3NO4P/c1-2-26(17,24)14-8-10(4-5-12(14)21(22)23)25-13-6-3-9(7-11(13)16)15(18,19)20/h3-8H,2H2,1H3. The van der Waals surface area contributed by atoms with E-state index in [4.69, 9.17) is 27.6 Å². The van der Waals surface area contributed by atoms with Crippen molar-refractivity contribution in [1.82, 2.24) is 0 Å². The quantitative estimate of drug-likeness (QED) is 0.322. The minimum Gasteiger partial charge on any atom is -0.456 e. The highest BCUT2D eigenvalue weighted by Gasteiger charge is 2.32. The molecule has 1 unspecified atom stereocenters. The third kappa shape index (κ3) is 4.50. The van der Waals surface area contributed by atoms with Crippen molar-refractivity contribution in [1.29, 1.82) is 0 Å². The zero-order valence-electron chi connectivity index (χ0n) is 13.1. The average Bonchev–Trinajstić information content (AvgIpc) is 2.55. The first-order chi connectivity index (χ1) is 12.0. The minimum atomic E-state index is -4.56. The van der Waals surface area contributed by atoms with Crippen LogP contribution in [0.2, 0.25) is 5.02 Å². The van der Waals surface area contributed by atoms with Crippen LogP contribution in [0.5, 0.6) is 11.5 Å². The lowest BCUT2D eigenvalue weighted by atomic mass is 10.2. The summed E-state index contributed by atoms with van der Waals surface area (Å²) in [6, 6.07) is 5.90. The van der Waals surface area contributed by atoms with Gasteiger partial charge < -0.3 is 9.30 Å². The number of hydrogen-bond acceptors (Lipinski definition) is 4. The highest BCUT2D eigenvalue weighted by Crippen LogP contribution is 2.52. The molecule has 0 heterocycles. The summed E-state index contributed by atoms with van der Waals surface area (Å²) in [6.07, 6.45) is -4.59. The molecule has 0 saturated carbocycles. The van der Waals surface area contributed by atoms with Gasteiger partial charge in [0, 0.05) is 12.2 Å². The van der Waals surface area contributed by atoms with Crippen molar-refractivity contribution < 1.29 is 27.4 Å². The summed E-state index contributed by atoms with van der Waals surface area (Å²) in [5, 5.41) is 10.6. The maximum atomic E-state index is 12.7. The molecule has 0 bridgehead atoms. The third-order valence-corrected chi connectivity index (χ3v) is 6.85. The van der Waals surface area contributed by atoms with E-state index >= 15 is 0 Å². The highest BCUT2D eigenvalue weighted by molar-refractivity contribution is 7.95. The van der Waals surface area contributed by atoms with Crippen LogP contribution in [-0.4, -0.2) is 11.1 Å². The van der Waals surface area contributed by atoms with Gasteiger partial charge in [-0.25, -0.2) is 0 Å². The van der Waals surface area contributed by atoms with Gasteiger partial charge in [0.25, 0.3) is 5.69 Å². The first kappa shape index (κ1) is 20.6. The number of hydrogen-bond donors (Lipinski definition) is 0. The average molecular weight is 428 g/mol. The predicted molar refractivity (Wildman–Crippen MR) is 93.3 cm³/mol. The number of rotatable bonds is 5. The Morgan fingerprint density at radius 3 is 2.38 bits per heavy atom. The molecule has 0 aliphatic heterocycles. The van der Waals surface area contributed by atoms with Gasteiger partial charge in [0.15, 0.2) is 0 Å². The Bertz CT molecular complexity index is 905. The fraction of sp³-hybridized carbons (Fsp3) is 0.200. The molecular weight excluding hydrogens is 417 g/mol. The summed E-state index contributed by atoms with van der Waals surface area (Å²) in [7, 11) is 0.